The average molecular weight is 421 g/mol. The van der Waals surface area contributed by atoms with E-state index in [0.717, 1.165) is 5.56 Å². The van der Waals surface area contributed by atoms with Gasteiger partial charge in [0, 0.05) is 6.42 Å². The lowest BCUT2D eigenvalue weighted by Crippen LogP contribution is -2.55. The molecule has 0 aliphatic heterocycles. The van der Waals surface area contributed by atoms with Crippen molar-refractivity contribution in [3.8, 4) is 0 Å². The minimum absolute atomic E-state index is 0.141. The lowest BCUT2D eigenvalue weighted by molar-refractivity contribution is -0.131. The molecular weight excluding hydrogens is 390 g/mol. The first-order chi connectivity index (χ1) is 13.9. The molecule has 0 aromatic heterocycles. The molecule has 0 spiro atoms. The molecule has 1 aromatic carbocycles. The third kappa shape index (κ3) is 9.60. The van der Waals surface area contributed by atoms with Crippen molar-refractivity contribution in [2.45, 2.75) is 51.2 Å². The molecule has 3 atom stereocenters. The number of hydrogen-bond acceptors (Lipinski definition) is 5. The van der Waals surface area contributed by atoms with E-state index < -0.39 is 29.9 Å². The summed E-state index contributed by atoms with van der Waals surface area (Å²) >= 11 is 1.56. The first-order valence-corrected chi connectivity index (χ1v) is 11.0. The van der Waals surface area contributed by atoms with Crippen molar-refractivity contribution in [3.05, 3.63) is 35.9 Å². The quantitative estimate of drug-likeness (QED) is 0.393. The fourth-order valence-electron chi connectivity index (χ4n) is 2.83. The van der Waals surface area contributed by atoms with Crippen LogP contribution in [0.4, 0.5) is 0 Å². The fourth-order valence-corrected chi connectivity index (χ4v) is 3.30. The molecule has 8 heteroatoms. The third-order valence-corrected chi connectivity index (χ3v) is 4.92. The van der Waals surface area contributed by atoms with E-state index in [1.165, 1.54) is 0 Å². The molecular formula is C21H30N3O4S. The molecule has 3 N–H and O–H groups in total. The molecule has 1 rings (SSSR count). The molecule has 1 aromatic rings. The molecule has 29 heavy (non-hydrogen) atoms. The summed E-state index contributed by atoms with van der Waals surface area (Å²) in [6, 6.07) is 7.00. The Balaban J connectivity index is 2.80. The van der Waals surface area contributed by atoms with Crippen molar-refractivity contribution in [3.63, 3.8) is 0 Å². The Morgan fingerprint density at radius 2 is 1.76 bits per heavy atom. The van der Waals surface area contributed by atoms with Crippen molar-refractivity contribution >= 4 is 36.3 Å². The number of carbonyl (C=O) groups is 3. The molecule has 0 saturated carbocycles. The van der Waals surface area contributed by atoms with Gasteiger partial charge in [-0.05, 0) is 36.3 Å². The SMILES string of the molecule is CSCCC(NC=O)C(=O)NC(CC(C)C)C(=O)NC([C]=O)Cc1ccccc1. The smallest absolute Gasteiger partial charge is 0.243 e. The molecule has 0 bridgehead atoms. The number of rotatable bonds is 14. The van der Waals surface area contributed by atoms with E-state index >= 15 is 0 Å². The predicted octanol–water partition coefficient (Wildman–Crippen LogP) is 1.22. The zero-order valence-electron chi connectivity index (χ0n) is 17.1. The minimum Gasteiger partial charge on any atom is -0.347 e. The highest BCUT2D eigenvalue weighted by atomic mass is 32.2. The van der Waals surface area contributed by atoms with Gasteiger partial charge in [-0.2, -0.15) is 11.8 Å². The third-order valence-electron chi connectivity index (χ3n) is 4.28. The number of thioether (sulfide) groups is 1. The van der Waals surface area contributed by atoms with Gasteiger partial charge in [0.15, 0.2) is 0 Å². The fraction of sp³-hybridized carbons (Fsp3) is 0.524. The summed E-state index contributed by atoms with van der Waals surface area (Å²) in [5.41, 5.74) is 0.901. The Morgan fingerprint density at radius 3 is 2.31 bits per heavy atom. The minimum atomic E-state index is -0.808. The molecule has 1 radical (unpaired) electrons. The predicted molar refractivity (Wildman–Crippen MR) is 115 cm³/mol. The largest absolute Gasteiger partial charge is 0.347 e. The molecule has 7 nitrogen and oxygen atoms in total. The highest BCUT2D eigenvalue weighted by Gasteiger charge is 2.27. The first-order valence-electron chi connectivity index (χ1n) is 9.62. The maximum absolute atomic E-state index is 12.8. The zero-order valence-corrected chi connectivity index (χ0v) is 18.0. The van der Waals surface area contributed by atoms with E-state index in [1.54, 1.807) is 11.8 Å². The Bertz CT molecular complexity index is 655. The van der Waals surface area contributed by atoms with E-state index in [1.807, 2.05) is 56.7 Å². The van der Waals surface area contributed by atoms with E-state index in [-0.39, 0.29) is 5.92 Å². The van der Waals surface area contributed by atoms with E-state index in [4.69, 9.17) is 0 Å². The molecule has 0 saturated heterocycles. The maximum Gasteiger partial charge on any atom is 0.243 e. The lowest BCUT2D eigenvalue weighted by atomic mass is 10.0. The Hall–Kier alpha value is -2.35. The number of hydrogen-bond donors (Lipinski definition) is 3. The summed E-state index contributed by atoms with van der Waals surface area (Å²) < 4.78 is 0. The first kappa shape index (κ1) is 24.7. The molecule has 3 unspecified atom stereocenters. The number of benzene rings is 1. The van der Waals surface area contributed by atoms with Gasteiger partial charge in [-0.25, -0.2) is 0 Å². The Labute approximate surface area is 176 Å². The van der Waals surface area contributed by atoms with Gasteiger partial charge >= 0.3 is 0 Å². The average Bonchev–Trinajstić information content (AvgIpc) is 2.70. The Morgan fingerprint density at radius 1 is 1.10 bits per heavy atom. The topological polar surface area (TPSA) is 104 Å². The van der Waals surface area contributed by atoms with Gasteiger partial charge in [0.05, 0.1) is 6.04 Å². The van der Waals surface area contributed by atoms with Gasteiger partial charge in [-0.1, -0.05) is 44.2 Å². The van der Waals surface area contributed by atoms with Crippen LogP contribution in [0, 0.1) is 5.92 Å². The standard InChI is InChI=1S/C21H30N3O4S/c1-15(2)11-19(24-20(27)18(22-14-26)9-10-29-3)21(28)23-17(13-25)12-16-7-5-4-6-8-16/h4-8,14-15,17-19H,9-12H2,1-3H3,(H,22,26)(H,23,28)(H,24,27). The molecule has 3 amide bonds. The van der Waals surface area contributed by atoms with Crippen molar-refractivity contribution in [2.75, 3.05) is 12.0 Å². The van der Waals surface area contributed by atoms with Crippen LogP contribution in [-0.2, 0) is 25.6 Å². The number of carbonyl (C=O) groups excluding carboxylic acids is 4. The molecule has 0 aliphatic rings. The molecule has 0 fully saturated rings. The second-order valence-corrected chi connectivity index (χ2v) is 8.16. The van der Waals surface area contributed by atoms with E-state index in [0.29, 0.717) is 31.4 Å². The van der Waals surface area contributed by atoms with Crippen LogP contribution in [-0.4, -0.2) is 54.6 Å². The summed E-state index contributed by atoms with van der Waals surface area (Å²) in [4.78, 5) is 47.5. The molecule has 0 aliphatic carbocycles. The summed E-state index contributed by atoms with van der Waals surface area (Å²) in [6.45, 7) is 3.88. The van der Waals surface area contributed by atoms with Crippen molar-refractivity contribution in [2.24, 2.45) is 5.92 Å². The van der Waals surface area contributed by atoms with Crippen LogP contribution in [0.5, 0.6) is 0 Å². The van der Waals surface area contributed by atoms with Crippen molar-refractivity contribution < 1.29 is 19.2 Å². The van der Waals surface area contributed by atoms with Gasteiger partial charge in [-0.15, -0.1) is 0 Å². The zero-order chi connectivity index (χ0) is 21.6. The Kier molecular flexibility index (Phi) is 11.7. The van der Waals surface area contributed by atoms with Gasteiger partial charge < -0.3 is 16.0 Å². The monoisotopic (exact) mass is 420 g/mol. The van der Waals surface area contributed by atoms with Crippen LogP contribution in [0.3, 0.4) is 0 Å². The van der Waals surface area contributed by atoms with Crippen LogP contribution in [0.15, 0.2) is 30.3 Å². The number of amides is 3. The van der Waals surface area contributed by atoms with Crippen LogP contribution >= 0.6 is 11.8 Å². The second-order valence-electron chi connectivity index (χ2n) is 7.18. The van der Waals surface area contributed by atoms with Gasteiger partial charge in [-0.3, -0.25) is 19.2 Å². The van der Waals surface area contributed by atoms with Gasteiger partial charge in [0.25, 0.3) is 0 Å². The summed E-state index contributed by atoms with van der Waals surface area (Å²) in [7, 11) is 0. The maximum atomic E-state index is 12.8. The second kappa shape index (κ2) is 13.8. The van der Waals surface area contributed by atoms with Crippen LogP contribution in [0.25, 0.3) is 0 Å². The normalized spacial score (nSPS) is 13.8. The van der Waals surface area contributed by atoms with Crippen LogP contribution < -0.4 is 16.0 Å². The van der Waals surface area contributed by atoms with Crippen LogP contribution in [0.2, 0.25) is 0 Å². The highest BCUT2D eigenvalue weighted by molar-refractivity contribution is 7.98. The number of nitrogens with one attached hydrogen (secondary N) is 3. The highest BCUT2D eigenvalue weighted by Crippen LogP contribution is 2.08. The van der Waals surface area contributed by atoms with E-state index in [2.05, 4.69) is 16.0 Å². The summed E-state index contributed by atoms with van der Waals surface area (Å²) in [5, 5.41) is 7.89. The van der Waals surface area contributed by atoms with Crippen LogP contribution in [0.1, 0.15) is 32.3 Å². The summed E-state index contributed by atoms with van der Waals surface area (Å²) in [5.74, 6) is -0.0191. The van der Waals surface area contributed by atoms with Crippen molar-refractivity contribution in [1.82, 2.24) is 16.0 Å². The van der Waals surface area contributed by atoms with Gasteiger partial charge in [0.2, 0.25) is 24.5 Å². The molecule has 159 valence electrons. The van der Waals surface area contributed by atoms with Gasteiger partial charge in [0.1, 0.15) is 12.1 Å². The summed E-state index contributed by atoms with van der Waals surface area (Å²) in [6.07, 6.45) is 5.44. The van der Waals surface area contributed by atoms with Crippen molar-refractivity contribution in [1.29, 1.82) is 0 Å². The lowest BCUT2D eigenvalue weighted by Gasteiger charge is -2.24. The molecule has 0 heterocycles. The van der Waals surface area contributed by atoms with E-state index in [9.17, 15) is 19.2 Å².